The van der Waals surface area contributed by atoms with Crippen molar-refractivity contribution in [3.05, 3.63) is 63.8 Å². The van der Waals surface area contributed by atoms with Crippen LogP contribution in [-0.2, 0) is 11.3 Å². The van der Waals surface area contributed by atoms with Gasteiger partial charge in [-0.1, -0.05) is 46.6 Å². The van der Waals surface area contributed by atoms with Gasteiger partial charge in [0.15, 0.2) is 5.82 Å². The van der Waals surface area contributed by atoms with Gasteiger partial charge in [-0.15, -0.1) is 5.10 Å². The number of nitrogens with one attached hydrogen (secondary N) is 2. The number of aromatic nitrogens is 5. The number of rotatable bonds is 7. The number of carbonyl (C=O) groups is 1. The second-order valence-electron chi connectivity index (χ2n) is 10.7. The molecule has 2 unspecified atom stereocenters. The number of hydrogen-bond donors (Lipinski definition) is 2. The predicted octanol–water partition coefficient (Wildman–Crippen LogP) is 6.45. The van der Waals surface area contributed by atoms with Crippen molar-refractivity contribution in [1.29, 1.82) is 0 Å². The molecule has 2 atom stereocenters. The highest BCUT2D eigenvalue weighted by Gasteiger charge is 2.44. The molecule has 2 N–H and O–H groups in total. The van der Waals surface area contributed by atoms with Gasteiger partial charge in [0.05, 0.1) is 22.8 Å². The fourth-order valence-electron chi connectivity index (χ4n) is 6.06. The maximum absolute atomic E-state index is 13.3. The Labute approximate surface area is 240 Å². The highest BCUT2D eigenvalue weighted by molar-refractivity contribution is 6.39. The van der Waals surface area contributed by atoms with Gasteiger partial charge >= 0.3 is 6.03 Å². The van der Waals surface area contributed by atoms with E-state index < -0.39 is 0 Å². The minimum Gasteiger partial charge on any atom is -0.373 e. The van der Waals surface area contributed by atoms with Crippen molar-refractivity contribution in [2.75, 3.05) is 5.32 Å². The zero-order valence-electron chi connectivity index (χ0n) is 21.5. The van der Waals surface area contributed by atoms with Crippen LogP contribution in [0.5, 0.6) is 0 Å². The number of aromatic amines is 1. The minimum atomic E-state index is -0.0931. The molecular weight excluding hydrogens is 553 g/mol. The largest absolute Gasteiger partial charge is 0.373 e. The Kier molecular flexibility index (Phi) is 6.69. The number of fused-ring (bicyclic) bond motifs is 2. The number of halogens is 2. The molecule has 10 nitrogen and oxygen atoms in total. The molecule has 2 bridgehead atoms. The van der Waals surface area contributed by atoms with E-state index in [-0.39, 0.29) is 24.2 Å². The maximum Gasteiger partial charge on any atom is 0.322 e. The van der Waals surface area contributed by atoms with Crippen LogP contribution in [0.25, 0.3) is 22.6 Å². The molecule has 4 heterocycles. The topological polar surface area (TPSA) is 122 Å². The average Bonchev–Trinajstić information content (AvgIpc) is 3.35. The summed E-state index contributed by atoms with van der Waals surface area (Å²) >= 11 is 13.0. The number of benzene rings is 2. The Morgan fingerprint density at radius 1 is 1.07 bits per heavy atom. The van der Waals surface area contributed by atoms with E-state index in [0.29, 0.717) is 45.3 Å². The first kappa shape index (κ1) is 25.5. The number of hydrogen-bond acceptors (Lipinski definition) is 7. The number of piperidine rings is 1. The molecule has 0 radical (unpaired) electrons. The van der Waals surface area contributed by atoms with Gasteiger partial charge < -0.3 is 19.5 Å². The SMILES string of the molecule is O=C(Nc1cccc(-c2nnn[nH]2)c1)N1C2CCC1CC(OCc1c(-c3c(Cl)cccc3Cl)noc1C1CC1)C2. The van der Waals surface area contributed by atoms with E-state index in [4.69, 9.17) is 32.5 Å². The van der Waals surface area contributed by atoms with Gasteiger partial charge in [0.1, 0.15) is 11.5 Å². The average molecular weight is 580 g/mol. The van der Waals surface area contributed by atoms with Gasteiger partial charge in [-0.3, -0.25) is 0 Å². The number of ether oxygens (including phenoxy) is 1. The van der Waals surface area contributed by atoms with Crippen LogP contribution in [0.4, 0.5) is 10.5 Å². The molecule has 7 rings (SSSR count). The summed E-state index contributed by atoms with van der Waals surface area (Å²) in [6.07, 6.45) is 5.66. The molecule has 1 saturated carbocycles. The van der Waals surface area contributed by atoms with Gasteiger partial charge in [-0.2, -0.15) is 0 Å². The van der Waals surface area contributed by atoms with Crippen molar-refractivity contribution in [2.45, 2.75) is 69.2 Å². The number of tetrazole rings is 1. The number of urea groups is 1. The summed E-state index contributed by atoms with van der Waals surface area (Å²) in [5.41, 5.74) is 3.75. The lowest BCUT2D eigenvalue weighted by atomic mass is 9.99. The molecule has 206 valence electrons. The Hall–Kier alpha value is -3.47. The van der Waals surface area contributed by atoms with Crippen LogP contribution in [-0.4, -0.2) is 54.9 Å². The van der Waals surface area contributed by atoms with E-state index in [0.717, 1.165) is 55.4 Å². The summed E-state index contributed by atoms with van der Waals surface area (Å²) in [5, 5.41) is 22.4. The summed E-state index contributed by atoms with van der Waals surface area (Å²) < 4.78 is 12.3. The van der Waals surface area contributed by atoms with Crippen LogP contribution < -0.4 is 5.32 Å². The number of carbonyl (C=O) groups excluding carboxylic acids is 1. The first-order valence-electron chi connectivity index (χ1n) is 13.5. The van der Waals surface area contributed by atoms with Crippen molar-refractivity contribution >= 4 is 34.9 Å². The number of H-pyrrole nitrogens is 1. The normalized spacial score (nSPS) is 22.1. The van der Waals surface area contributed by atoms with Crippen molar-refractivity contribution in [2.24, 2.45) is 0 Å². The minimum absolute atomic E-state index is 0.0281. The third-order valence-electron chi connectivity index (χ3n) is 8.09. The van der Waals surface area contributed by atoms with E-state index in [2.05, 4.69) is 31.1 Å². The van der Waals surface area contributed by atoms with Crippen LogP contribution in [0.2, 0.25) is 10.0 Å². The van der Waals surface area contributed by atoms with E-state index in [1.54, 1.807) is 12.1 Å². The molecule has 40 heavy (non-hydrogen) atoms. The summed E-state index contributed by atoms with van der Waals surface area (Å²) in [6, 6.07) is 13.0. The van der Waals surface area contributed by atoms with E-state index in [1.165, 1.54) is 0 Å². The summed E-state index contributed by atoms with van der Waals surface area (Å²) in [6.45, 7) is 0.367. The van der Waals surface area contributed by atoms with E-state index in [9.17, 15) is 4.79 Å². The van der Waals surface area contributed by atoms with Crippen molar-refractivity contribution in [3.8, 4) is 22.6 Å². The molecule has 3 fully saturated rings. The lowest BCUT2D eigenvalue weighted by molar-refractivity contribution is -0.0158. The van der Waals surface area contributed by atoms with Crippen LogP contribution in [0.1, 0.15) is 55.8 Å². The van der Waals surface area contributed by atoms with Crippen LogP contribution in [0.15, 0.2) is 47.0 Å². The molecule has 1 aliphatic carbocycles. The Bertz CT molecular complexity index is 1500. The zero-order chi connectivity index (χ0) is 27.2. The molecular formula is C28H27Cl2N7O3. The highest BCUT2D eigenvalue weighted by atomic mass is 35.5. The molecule has 0 spiro atoms. The van der Waals surface area contributed by atoms with E-state index in [1.807, 2.05) is 35.2 Å². The molecule has 2 aliphatic heterocycles. The molecule has 2 amide bonds. The monoisotopic (exact) mass is 579 g/mol. The summed E-state index contributed by atoms with van der Waals surface area (Å²) in [7, 11) is 0. The highest BCUT2D eigenvalue weighted by Crippen LogP contribution is 2.46. The van der Waals surface area contributed by atoms with Gasteiger partial charge in [0.2, 0.25) is 0 Å². The molecule has 12 heteroatoms. The Balaban J connectivity index is 1.03. The number of anilines is 1. The second-order valence-corrected chi connectivity index (χ2v) is 11.5. The summed E-state index contributed by atoms with van der Waals surface area (Å²) in [5.74, 6) is 1.78. The first-order chi connectivity index (χ1) is 19.5. The van der Waals surface area contributed by atoms with Crippen LogP contribution in [0, 0.1) is 0 Å². The zero-order valence-corrected chi connectivity index (χ0v) is 23.0. The van der Waals surface area contributed by atoms with Gasteiger partial charge in [-0.05, 0) is 73.2 Å². The Morgan fingerprint density at radius 2 is 1.82 bits per heavy atom. The molecule has 4 aromatic rings. The summed E-state index contributed by atoms with van der Waals surface area (Å²) in [4.78, 5) is 15.3. The maximum atomic E-state index is 13.3. The molecule has 2 saturated heterocycles. The van der Waals surface area contributed by atoms with Crippen LogP contribution in [0.3, 0.4) is 0 Å². The quantitative estimate of drug-likeness (QED) is 0.258. The predicted molar refractivity (Wildman–Crippen MR) is 149 cm³/mol. The number of amides is 2. The second kappa shape index (κ2) is 10.5. The van der Waals surface area contributed by atoms with Gasteiger partial charge in [0.25, 0.3) is 0 Å². The molecule has 2 aromatic carbocycles. The smallest absolute Gasteiger partial charge is 0.322 e. The fourth-order valence-corrected chi connectivity index (χ4v) is 6.63. The van der Waals surface area contributed by atoms with Crippen molar-refractivity contribution in [1.82, 2.24) is 30.7 Å². The van der Waals surface area contributed by atoms with Crippen molar-refractivity contribution < 1.29 is 14.1 Å². The lowest BCUT2D eigenvalue weighted by Crippen LogP contribution is -2.50. The fraction of sp³-hybridized carbons (Fsp3) is 0.393. The van der Waals surface area contributed by atoms with Crippen LogP contribution >= 0.6 is 23.2 Å². The first-order valence-corrected chi connectivity index (χ1v) is 14.3. The standard InChI is InChI=1S/C28H27Cl2N7O3/c29-22-5-2-6-23(30)24(22)25-21(26(40-34-25)15-7-8-15)14-39-20-12-18-9-10-19(13-20)37(18)28(38)31-17-4-1-3-16(11-17)27-32-35-36-33-27/h1-6,11,15,18-20H,7-10,12-14H2,(H,31,38)(H,32,33,35,36). The van der Waals surface area contributed by atoms with Crippen molar-refractivity contribution in [3.63, 3.8) is 0 Å². The molecule has 3 aliphatic rings. The number of nitrogens with zero attached hydrogens (tertiary/aromatic N) is 5. The Morgan fingerprint density at radius 3 is 2.52 bits per heavy atom. The van der Waals surface area contributed by atoms with Gasteiger partial charge in [-0.25, -0.2) is 9.89 Å². The van der Waals surface area contributed by atoms with E-state index >= 15 is 0 Å². The lowest BCUT2D eigenvalue weighted by Gasteiger charge is -2.38. The third kappa shape index (κ3) is 4.84. The van der Waals surface area contributed by atoms with Gasteiger partial charge in [0, 0.05) is 40.4 Å². The molecule has 2 aromatic heterocycles. The third-order valence-corrected chi connectivity index (χ3v) is 8.72.